The van der Waals surface area contributed by atoms with Crippen molar-refractivity contribution in [3.8, 4) is 0 Å². The Hall–Kier alpha value is -2.68. The van der Waals surface area contributed by atoms with E-state index in [4.69, 9.17) is 0 Å². The molecule has 142 valence electrons. The van der Waals surface area contributed by atoms with Crippen LogP contribution in [0, 0.1) is 5.82 Å². The number of alkyl halides is 3. The van der Waals surface area contributed by atoms with Crippen LogP contribution >= 0.6 is 15.9 Å². The molecular weight excluding hydrogens is 434 g/mol. The van der Waals surface area contributed by atoms with Crippen molar-refractivity contribution in [2.75, 3.05) is 7.11 Å². The zero-order valence-corrected chi connectivity index (χ0v) is 15.3. The molecule has 2 aromatic rings. The molecule has 2 aromatic carbocycles. The third-order valence-electron chi connectivity index (χ3n) is 3.41. The van der Waals surface area contributed by atoms with Gasteiger partial charge in [0.25, 0.3) is 5.91 Å². The van der Waals surface area contributed by atoms with E-state index < -0.39 is 40.7 Å². The number of hydrogen-bond donors (Lipinski definition) is 1. The second-order valence-corrected chi connectivity index (χ2v) is 6.04. The van der Waals surface area contributed by atoms with Gasteiger partial charge in [-0.1, -0.05) is 24.3 Å². The first-order valence-electron chi connectivity index (χ1n) is 7.36. The van der Waals surface area contributed by atoms with E-state index in [2.05, 4.69) is 20.7 Å². The van der Waals surface area contributed by atoms with Crippen LogP contribution < -0.4 is 5.32 Å². The minimum Gasteiger partial charge on any atom is -0.464 e. The molecule has 1 amide bonds. The molecule has 0 aliphatic carbocycles. The van der Waals surface area contributed by atoms with Crippen molar-refractivity contribution < 1.29 is 31.9 Å². The van der Waals surface area contributed by atoms with E-state index in [1.165, 1.54) is 24.3 Å². The maximum absolute atomic E-state index is 13.8. The third-order valence-corrected chi connectivity index (χ3v) is 4.05. The molecule has 0 aromatic heterocycles. The SMILES string of the molecule is COC(=O)C(NC(=O)c1ccccc1)=C(c1ccc(Br)c(F)c1)C(F)(F)F. The molecule has 4 nitrogen and oxygen atoms in total. The maximum atomic E-state index is 13.8. The second kappa shape index (κ2) is 8.34. The molecule has 1 N–H and O–H groups in total. The van der Waals surface area contributed by atoms with Crippen molar-refractivity contribution in [1.29, 1.82) is 0 Å². The topological polar surface area (TPSA) is 55.4 Å². The van der Waals surface area contributed by atoms with E-state index in [9.17, 15) is 27.2 Å². The molecule has 0 aliphatic heterocycles. The normalized spacial score (nSPS) is 12.2. The number of carbonyl (C=O) groups is 2. The highest BCUT2D eigenvalue weighted by Gasteiger charge is 2.40. The Morgan fingerprint density at radius 2 is 1.67 bits per heavy atom. The molecule has 0 saturated heterocycles. The Bertz CT molecular complexity index is 895. The lowest BCUT2D eigenvalue weighted by atomic mass is 10.0. The van der Waals surface area contributed by atoms with Crippen molar-refractivity contribution in [3.63, 3.8) is 0 Å². The number of methoxy groups -OCH3 is 1. The molecule has 0 aliphatic rings. The van der Waals surface area contributed by atoms with Crippen LogP contribution in [0.1, 0.15) is 15.9 Å². The molecule has 27 heavy (non-hydrogen) atoms. The number of nitrogens with one attached hydrogen (secondary N) is 1. The Kier molecular flexibility index (Phi) is 6.37. The number of benzene rings is 2. The van der Waals surface area contributed by atoms with E-state index in [1.807, 2.05) is 5.32 Å². The Morgan fingerprint density at radius 1 is 1.04 bits per heavy atom. The van der Waals surface area contributed by atoms with Gasteiger partial charge in [0, 0.05) is 5.56 Å². The number of allylic oxidation sites excluding steroid dienone is 1. The van der Waals surface area contributed by atoms with Crippen LogP contribution in [0.15, 0.2) is 58.7 Å². The van der Waals surface area contributed by atoms with E-state index >= 15 is 0 Å². The number of hydrogen-bond acceptors (Lipinski definition) is 3. The summed E-state index contributed by atoms with van der Waals surface area (Å²) >= 11 is 2.85. The Morgan fingerprint density at radius 3 is 2.19 bits per heavy atom. The van der Waals surface area contributed by atoms with Gasteiger partial charge in [-0.15, -0.1) is 0 Å². The van der Waals surface area contributed by atoms with Crippen molar-refractivity contribution in [1.82, 2.24) is 5.32 Å². The van der Waals surface area contributed by atoms with Crippen molar-refractivity contribution in [3.05, 3.63) is 75.6 Å². The molecule has 0 atom stereocenters. The lowest BCUT2D eigenvalue weighted by molar-refractivity contribution is -0.137. The standard InChI is InChI=1S/C18H12BrF4NO3/c1-27-17(26)15(24-16(25)10-5-3-2-4-6-10)14(18(21,22)23)11-7-8-12(19)13(20)9-11/h2-9H,1H3,(H,24,25). The molecule has 0 fully saturated rings. The summed E-state index contributed by atoms with van der Waals surface area (Å²) in [6.45, 7) is 0. The number of rotatable bonds is 4. The number of carbonyl (C=O) groups excluding carboxylic acids is 2. The Labute approximate surface area is 160 Å². The first-order valence-corrected chi connectivity index (χ1v) is 8.16. The largest absolute Gasteiger partial charge is 0.464 e. The van der Waals surface area contributed by atoms with E-state index in [0.29, 0.717) is 6.07 Å². The van der Waals surface area contributed by atoms with Crippen LogP contribution in [-0.4, -0.2) is 25.2 Å². The van der Waals surface area contributed by atoms with Crippen LogP contribution in [0.3, 0.4) is 0 Å². The van der Waals surface area contributed by atoms with Crippen LogP contribution in [0.25, 0.3) is 5.57 Å². The van der Waals surface area contributed by atoms with Gasteiger partial charge in [0.05, 0.1) is 17.2 Å². The molecular formula is C18H12BrF4NO3. The van der Waals surface area contributed by atoms with Crippen molar-refractivity contribution in [2.24, 2.45) is 0 Å². The van der Waals surface area contributed by atoms with Crippen molar-refractivity contribution in [2.45, 2.75) is 6.18 Å². The molecule has 0 heterocycles. The zero-order chi connectivity index (χ0) is 20.2. The van der Waals surface area contributed by atoms with Crippen LogP contribution in [0.4, 0.5) is 17.6 Å². The average molecular weight is 446 g/mol. The lowest BCUT2D eigenvalue weighted by Crippen LogP contribution is -2.32. The monoisotopic (exact) mass is 445 g/mol. The van der Waals surface area contributed by atoms with E-state index in [1.54, 1.807) is 6.07 Å². The minimum absolute atomic E-state index is 0.0300. The molecule has 2 rings (SSSR count). The molecule has 0 radical (unpaired) electrons. The van der Waals surface area contributed by atoms with Crippen LogP contribution in [0.2, 0.25) is 0 Å². The van der Waals surface area contributed by atoms with Gasteiger partial charge >= 0.3 is 12.1 Å². The summed E-state index contributed by atoms with van der Waals surface area (Å²) in [7, 11) is 0.868. The van der Waals surface area contributed by atoms with Gasteiger partial charge in [-0.3, -0.25) is 4.79 Å². The number of esters is 1. The van der Waals surface area contributed by atoms with Gasteiger partial charge in [-0.05, 0) is 45.8 Å². The third kappa shape index (κ3) is 4.94. The summed E-state index contributed by atoms with van der Waals surface area (Å²) < 4.78 is 59.2. The highest BCUT2D eigenvalue weighted by atomic mass is 79.9. The highest BCUT2D eigenvalue weighted by Crippen LogP contribution is 2.37. The number of ether oxygens (including phenoxy) is 1. The molecule has 9 heteroatoms. The summed E-state index contributed by atoms with van der Waals surface area (Å²) in [6, 6.07) is 9.96. The summed E-state index contributed by atoms with van der Waals surface area (Å²) in [5.41, 5.74) is -3.27. The zero-order valence-electron chi connectivity index (χ0n) is 13.7. The average Bonchev–Trinajstić information content (AvgIpc) is 2.63. The first-order chi connectivity index (χ1) is 12.6. The Balaban J connectivity index is 2.64. The summed E-state index contributed by atoms with van der Waals surface area (Å²) in [4.78, 5) is 24.3. The molecule has 0 unspecified atom stereocenters. The van der Waals surface area contributed by atoms with Gasteiger partial charge in [0.1, 0.15) is 11.5 Å². The van der Waals surface area contributed by atoms with Gasteiger partial charge in [-0.2, -0.15) is 13.2 Å². The summed E-state index contributed by atoms with van der Waals surface area (Å²) in [5.74, 6) is -3.34. The summed E-state index contributed by atoms with van der Waals surface area (Å²) in [5, 5.41) is 1.94. The molecule has 0 saturated carbocycles. The smallest absolute Gasteiger partial charge is 0.419 e. The molecule has 0 bridgehead atoms. The van der Waals surface area contributed by atoms with Gasteiger partial charge in [-0.25, -0.2) is 9.18 Å². The predicted molar refractivity (Wildman–Crippen MR) is 93.0 cm³/mol. The second-order valence-electron chi connectivity index (χ2n) is 5.19. The number of halogens is 5. The summed E-state index contributed by atoms with van der Waals surface area (Å²) in [6.07, 6.45) is -5.08. The fourth-order valence-corrected chi connectivity index (χ4v) is 2.44. The van der Waals surface area contributed by atoms with Crippen LogP contribution in [-0.2, 0) is 9.53 Å². The predicted octanol–water partition coefficient (Wildman–Crippen LogP) is 4.46. The molecule has 0 spiro atoms. The number of amides is 1. The van der Waals surface area contributed by atoms with Gasteiger partial charge in [0.2, 0.25) is 0 Å². The van der Waals surface area contributed by atoms with E-state index in [-0.39, 0.29) is 10.0 Å². The highest BCUT2D eigenvalue weighted by molar-refractivity contribution is 9.10. The van der Waals surface area contributed by atoms with E-state index in [0.717, 1.165) is 19.2 Å². The quantitative estimate of drug-likeness (QED) is 0.429. The maximum Gasteiger partial charge on any atom is 0.419 e. The van der Waals surface area contributed by atoms with Crippen molar-refractivity contribution >= 4 is 33.4 Å². The fraction of sp³-hybridized carbons (Fsp3) is 0.111. The minimum atomic E-state index is -5.08. The van der Waals surface area contributed by atoms with Gasteiger partial charge < -0.3 is 10.1 Å². The lowest BCUT2D eigenvalue weighted by Gasteiger charge is -2.18. The van der Waals surface area contributed by atoms with Crippen LogP contribution in [0.5, 0.6) is 0 Å². The van der Waals surface area contributed by atoms with Gasteiger partial charge in [0.15, 0.2) is 0 Å². The fourth-order valence-electron chi connectivity index (χ4n) is 2.19. The first kappa shape index (κ1) is 20.6.